The van der Waals surface area contributed by atoms with Crippen LogP contribution in [0.5, 0.6) is 0 Å². The molecule has 1 fully saturated rings. The van der Waals surface area contributed by atoms with Crippen molar-refractivity contribution in [2.75, 3.05) is 26.7 Å². The highest BCUT2D eigenvalue weighted by molar-refractivity contribution is 14.0. The largest absolute Gasteiger partial charge is 0.359 e. The van der Waals surface area contributed by atoms with Crippen molar-refractivity contribution in [1.29, 1.82) is 0 Å². The lowest BCUT2D eigenvalue weighted by Gasteiger charge is -2.34. The summed E-state index contributed by atoms with van der Waals surface area (Å²) in [6, 6.07) is 7.34. The second-order valence-electron chi connectivity index (χ2n) is 7.00. The zero-order valence-corrected chi connectivity index (χ0v) is 20.3. The van der Waals surface area contributed by atoms with Crippen LogP contribution in [0.4, 0.5) is 0 Å². The molecule has 0 atom stereocenters. The SMILES string of the molecule is CCNC(=NCc1nc(-c2cccc(Cl)c2)no1)N1CCC(CC(=O)NC)CC1.I. The number of likely N-dealkylation sites (tertiary alicyclic amines) is 1. The highest BCUT2D eigenvalue weighted by Gasteiger charge is 2.23. The molecule has 2 aromatic rings. The van der Waals surface area contributed by atoms with Crippen molar-refractivity contribution in [3.8, 4) is 11.4 Å². The number of carbonyl (C=O) groups is 1. The fourth-order valence-corrected chi connectivity index (χ4v) is 3.54. The number of rotatable bonds is 6. The average Bonchev–Trinajstić information content (AvgIpc) is 3.21. The average molecular weight is 547 g/mol. The Hall–Kier alpha value is -1.88. The van der Waals surface area contributed by atoms with E-state index in [0.29, 0.717) is 35.6 Å². The summed E-state index contributed by atoms with van der Waals surface area (Å²) in [5.74, 6) is 2.30. The van der Waals surface area contributed by atoms with Crippen LogP contribution in [0.25, 0.3) is 11.4 Å². The van der Waals surface area contributed by atoms with Gasteiger partial charge < -0.3 is 20.1 Å². The maximum absolute atomic E-state index is 11.6. The Morgan fingerprint density at radius 3 is 2.80 bits per heavy atom. The lowest BCUT2D eigenvalue weighted by molar-refractivity contribution is -0.121. The molecule has 0 aliphatic carbocycles. The molecule has 2 heterocycles. The second-order valence-corrected chi connectivity index (χ2v) is 7.44. The summed E-state index contributed by atoms with van der Waals surface area (Å²) in [7, 11) is 1.68. The summed E-state index contributed by atoms with van der Waals surface area (Å²) < 4.78 is 5.35. The summed E-state index contributed by atoms with van der Waals surface area (Å²) in [6.07, 6.45) is 2.53. The van der Waals surface area contributed by atoms with E-state index >= 15 is 0 Å². The lowest BCUT2D eigenvalue weighted by Crippen LogP contribution is -2.46. The van der Waals surface area contributed by atoms with Gasteiger partial charge in [-0.3, -0.25) is 4.79 Å². The topological polar surface area (TPSA) is 95.7 Å². The summed E-state index contributed by atoms with van der Waals surface area (Å²) in [5, 5.41) is 10.7. The Morgan fingerprint density at radius 2 is 2.13 bits per heavy atom. The number of benzene rings is 1. The van der Waals surface area contributed by atoms with Crippen LogP contribution in [0, 0.1) is 5.92 Å². The minimum atomic E-state index is 0. The Kier molecular flexibility index (Phi) is 9.83. The molecular weight excluding hydrogens is 519 g/mol. The predicted octanol–water partition coefficient (Wildman–Crippen LogP) is 3.32. The molecule has 0 bridgehead atoms. The fraction of sp³-hybridized carbons (Fsp3) is 0.500. The standard InChI is InChI=1S/C20H27ClN6O2.HI/c1-3-23-20(27-9-7-14(8-10-27)11-17(28)22-2)24-13-18-25-19(26-29-18)15-5-4-6-16(21)12-15;/h4-6,12,14H,3,7-11,13H2,1-2H3,(H,22,28)(H,23,24);1H. The van der Waals surface area contributed by atoms with E-state index in [1.807, 2.05) is 19.1 Å². The first-order chi connectivity index (χ1) is 14.1. The number of nitrogens with zero attached hydrogens (tertiary/aromatic N) is 4. The molecule has 1 amide bonds. The van der Waals surface area contributed by atoms with Crippen molar-refractivity contribution in [1.82, 2.24) is 25.7 Å². The molecule has 10 heteroatoms. The molecule has 30 heavy (non-hydrogen) atoms. The number of carbonyl (C=O) groups excluding carboxylic acids is 1. The predicted molar refractivity (Wildman–Crippen MR) is 128 cm³/mol. The molecule has 0 unspecified atom stereocenters. The Bertz CT molecular complexity index is 851. The van der Waals surface area contributed by atoms with Gasteiger partial charge in [-0.05, 0) is 37.8 Å². The Morgan fingerprint density at radius 1 is 1.37 bits per heavy atom. The summed E-state index contributed by atoms with van der Waals surface area (Å²) >= 11 is 6.03. The van der Waals surface area contributed by atoms with Crippen LogP contribution in [0.1, 0.15) is 32.1 Å². The molecular formula is C20H28ClIN6O2. The van der Waals surface area contributed by atoms with Crippen molar-refractivity contribution in [2.24, 2.45) is 10.9 Å². The summed E-state index contributed by atoms with van der Waals surface area (Å²) in [6.45, 7) is 4.84. The fourth-order valence-electron chi connectivity index (χ4n) is 3.35. The maximum Gasteiger partial charge on any atom is 0.248 e. The third kappa shape index (κ3) is 6.83. The number of amides is 1. The molecule has 0 saturated carbocycles. The Labute approximate surface area is 198 Å². The van der Waals surface area contributed by atoms with E-state index in [9.17, 15) is 4.79 Å². The van der Waals surface area contributed by atoms with Gasteiger partial charge in [0.05, 0.1) is 0 Å². The van der Waals surface area contributed by atoms with E-state index in [4.69, 9.17) is 16.1 Å². The van der Waals surface area contributed by atoms with Crippen molar-refractivity contribution < 1.29 is 9.32 Å². The molecule has 2 N–H and O–H groups in total. The van der Waals surface area contributed by atoms with Crippen molar-refractivity contribution in [2.45, 2.75) is 32.7 Å². The highest BCUT2D eigenvalue weighted by atomic mass is 127. The Balaban J connectivity index is 0.00000320. The van der Waals surface area contributed by atoms with Crippen LogP contribution in [-0.4, -0.2) is 53.6 Å². The maximum atomic E-state index is 11.6. The molecule has 1 aromatic heterocycles. The summed E-state index contributed by atoms with van der Waals surface area (Å²) in [5.41, 5.74) is 0.807. The van der Waals surface area contributed by atoms with Crippen LogP contribution in [0.15, 0.2) is 33.8 Å². The van der Waals surface area contributed by atoms with Crippen LogP contribution >= 0.6 is 35.6 Å². The molecule has 164 valence electrons. The highest BCUT2D eigenvalue weighted by Crippen LogP contribution is 2.21. The first-order valence-corrected chi connectivity index (χ1v) is 10.3. The van der Waals surface area contributed by atoms with Crippen LogP contribution in [0.3, 0.4) is 0 Å². The van der Waals surface area contributed by atoms with Crippen LogP contribution < -0.4 is 10.6 Å². The number of nitrogens with one attached hydrogen (secondary N) is 2. The normalized spacial score (nSPS) is 14.9. The second kappa shape index (κ2) is 12.1. The minimum Gasteiger partial charge on any atom is -0.359 e. The van der Waals surface area contributed by atoms with Crippen LogP contribution in [0.2, 0.25) is 5.02 Å². The van der Waals surface area contributed by atoms with Crippen molar-refractivity contribution >= 4 is 47.4 Å². The van der Waals surface area contributed by atoms with Gasteiger partial charge >= 0.3 is 0 Å². The smallest absolute Gasteiger partial charge is 0.248 e. The molecule has 1 saturated heterocycles. The van der Waals surface area contributed by atoms with Gasteiger partial charge in [-0.2, -0.15) is 4.98 Å². The van der Waals surface area contributed by atoms with E-state index in [1.54, 1.807) is 19.2 Å². The van der Waals surface area contributed by atoms with Gasteiger partial charge in [0.2, 0.25) is 17.6 Å². The third-order valence-electron chi connectivity index (χ3n) is 4.92. The van der Waals surface area contributed by atoms with Gasteiger partial charge in [0.1, 0.15) is 6.54 Å². The molecule has 3 rings (SSSR count). The van der Waals surface area contributed by atoms with Gasteiger partial charge in [-0.25, -0.2) is 4.99 Å². The number of aromatic nitrogens is 2. The quantitative estimate of drug-likeness (QED) is 0.328. The van der Waals surface area contributed by atoms with E-state index in [0.717, 1.165) is 44.0 Å². The lowest BCUT2D eigenvalue weighted by atomic mass is 9.93. The number of guanidine groups is 1. The van der Waals surface area contributed by atoms with E-state index < -0.39 is 0 Å². The van der Waals surface area contributed by atoms with Crippen LogP contribution in [-0.2, 0) is 11.3 Å². The zero-order chi connectivity index (χ0) is 20.6. The minimum absolute atomic E-state index is 0. The van der Waals surface area contributed by atoms with E-state index in [1.165, 1.54) is 0 Å². The van der Waals surface area contributed by atoms with Gasteiger partial charge in [0.25, 0.3) is 0 Å². The molecule has 1 aromatic carbocycles. The number of piperidine rings is 1. The third-order valence-corrected chi connectivity index (χ3v) is 5.15. The first kappa shape index (κ1) is 24.4. The van der Waals surface area contributed by atoms with Gasteiger partial charge in [-0.1, -0.05) is 28.9 Å². The molecule has 1 aliphatic heterocycles. The number of aliphatic imine (C=N–C) groups is 1. The van der Waals surface area contributed by atoms with Gasteiger partial charge in [-0.15, -0.1) is 24.0 Å². The number of halogens is 2. The molecule has 1 aliphatic rings. The number of hydrogen-bond donors (Lipinski definition) is 2. The van der Waals surface area contributed by atoms with Gasteiger partial charge in [0.15, 0.2) is 5.96 Å². The van der Waals surface area contributed by atoms with E-state index in [2.05, 4.69) is 30.7 Å². The first-order valence-electron chi connectivity index (χ1n) is 9.91. The molecule has 0 spiro atoms. The molecule has 8 nitrogen and oxygen atoms in total. The molecule has 0 radical (unpaired) electrons. The van der Waals surface area contributed by atoms with Crippen molar-refractivity contribution in [3.63, 3.8) is 0 Å². The number of hydrogen-bond acceptors (Lipinski definition) is 5. The monoisotopic (exact) mass is 546 g/mol. The van der Waals surface area contributed by atoms with E-state index in [-0.39, 0.29) is 29.9 Å². The van der Waals surface area contributed by atoms with Gasteiger partial charge in [0, 0.05) is 43.7 Å². The van der Waals surface area contributed by atoms with Crippen molar-refractivity contribution in [3.05, 3.63) is 35.2 Å². The summed E-state index contributed by atoms with van der Waals surface area (Å²) in [4.78, 5) is 22.9. The zero-order valence-electron chi connectivity index (χ0n) is 17.2.